The first kappa shape index (κ1) is 13.5. The van der Waals surface area contributed by atoms with Crippen LogP contribution in [0.25, 0.3) is 0 Å². The number of likely N-dealkylation sites (tertiary alicyclic amines) is 1. The van der Waals surface area contributed by atoms with Gasteiger partial charge in [-0.2, -0.15) is 5.26 Å². The third-order valence-corrected chi connectivity index (χ3v) is 3.88. The van der Waals surface area contributed by atoms with Gasteiger partial charge >= 0.3 is 0 Å². The van der Waals surface area contributed by atoms with Gasteiger partial charge in [0.1, 0.15) is 5.82 Å². The van der Waals surface area contributed by atoms with Crippen molar-refractivity contribution >= 4 is 0 Å². The smallest absolute Gasteiger partial charge is 0.181 e. The molecule has 0 radical (unpaired) electrons. The third kappa shape index (κ3) is 2.68. The van der Waals surface area contributed by atoms with Crippen molar-refractivity contribution in [2.45, 2.75) is 25.2 Å². The second-order valence-corrected chi connectivity index (χ2v) is 5.34. The predicted molar refractivity (Wildman–Crippen MR) is 70.3 cm³/mol. The first-order valence-electron chi connectivity index (χ1n) is 6.90. The highest BCUT2D eigenvalue weighted by atomic mass is 19.1. The van der Waals surface area contributed by atoms with Gasteiger partial charge in [-0.15, -0.1) is 0 Å². The lowest BCUT2D eigenvalue weighted by Crippen LogP contribution is -2.48. The minimum absolute atomic E-state index is 0.267. The fourth-order valence-electron chi connectivity index (χ4n) is 2.94. The summed E-state index contributed by atoms with van der Waals surface area (Å²) in [6.07, 6.45) is 1.86. The molecular formula is C15H17FN2O2. The number of nitrogens with zero attached hydrogens (tertiary/aromatic N) is 2. The van der Waals surface area contributed by atoms with E-state index < -0.39 is 5.79 Å². The zero-order valence-electron chi connectivity index (χ0n) is 11.3. The molecule has 2 fully saturated rings. The first-order chi connectivity index (χ1) is 9.71. The minimum Gasteiger partial charge on any atom is -0.346 e. The molecule has 106 valence electrons. The first-order valence-corrected chi connectivity index (χ1v) is 6.90. The number of halogens is 1. The zero-order chi connectivity index (χ0) is 14.0. The monoisotopic (exact) mass is 276 g/mol. The molecule has 0 N–H and O–H groups in total. The van der Waals surface area contributed by atoms with Crippen LogP contribution in [0.5, 0.6) is 0 Å². The summed E-state index contributed by atoms with van der Waals surface area (Å²) in [5.41, 5.74) is 1.04. The zero-order valence-corrected chi connectivity index (χ0v) is 11.3. The Balaban J connectivity index is 1.73. The number of benzene rings is 1. The van der Waals surface area contributed by atoms with Crippen LogP contribution in [0.2, 0.25) is 0 Å². The molecule has 3 rings (SSSR count). The molecule has 5 heteroatoms. The van der Waals surface area contributed by atoms with Crippen molar-refractivity contribution in [3.05, 3.63) is 35.1 Å². The summed E-state index contributed by atoms with van der Waals surface area (Å²) < 4.78 is 25.3. The number of ether oxygens (including phenoxy) is 2. The summed E-state index contributed by atoms with van der Waals surface area (Å²) in [7, 11) is 0. The van der Waals surface area contributed by atoms with Gasteiger partial charge < -0.3 is 9.47 Å². The molecule has 0 amide bonds. The molecule has 2 aliphatic heterocycles. The van der Waals surface area contributed by atoms with Gasteiger partial charge in [0.25, 0.3) is 0 Å². The Kier molecular flexibility index (Phi) is 3.70. The molecule has 0 unspecified atom stereocenters. The molecule has 0 aromatic heterocycles. The van der Waals surface area contributed by atoms with Gasteiger partial charge in [-0.1, -0.05) is 0 Å². The van der Waals surface area contributed by atoms with E-state index in [1.165, 1.54) is 12.1 Å². The number of piperidine rings is 1. The normalized spacial score (nSPS) is 22.0. The Morgan fingerprint density at radius 1 is 1.35 bits per heavy atom. The van der Waals surface area contributed by atoms with Gasteiger partial charge in [0.15, 0.2) is 5.79 Å². The predicted octanol–water partition coefficient (Wildman–Crippen LogP) is 2.04. The summed E-state index contributed by atoms with van der Waals surface area (Å²) >= 11 is 0. The SMILES string of the molecule is N#Cc1ccc(F)c(CN2CCCC3(C2)OCCO3)c1. The van der Waals surface area contributed by atoms with Crippen molar-refractivity contribution in [3.63, 3.8) is 0 Å². The molecule has 0 atom stereocenters. The van der Waals surface area contributed by atoms with Gasteiger partial charge in [0.05, 0.1) is 31.4 Å². The highest BCUT2D eigenvalue weighted by molar-refractivity contribution is 5.33. The summed E-state index contributed by atoms with van der Waals surface area (Å²) in [5.74, 6) is -0.765. The van der Waals surface area contributed by atoms with Crippen LogP contribution < -0.4 is 0 Å². The quantitative estimate of drug-likeness (QED) is 0.829. The number of hydrogen-bond acceptors (Lipinski definition) is 4. The topological polar surface area (TPSA) is 45.5 Å². The Labute approximate surface area is 117 Å². The van der Waals surface area contributed by atoms with Crippen molar-refractivity contribution in [1.29, 1.82) is 5.26 Å². The Morgan fingerprint density at radius 2 is 2.15 bits per heavy atom. The molecule has 2 aliphatic rings. The van der Waals surface area contributed by atoms with Crippen molar-refractivity contribution in [2.75, 3.05) is 26.3 Å². The maximum absolute atomic E-state index is 13.8. The lowest BCUT2D eigenvalue weighted by molar-refractivity contribution is -0.190. The maximum atomic E-state index is 13.8. The largest absolute Gasteiger partial charge is 0.346 e. The Hall–Kier alpha value is -1.48. The van der Waals surface area contributed by atoms with E-state index in [1.807, 2.05) is 6.07 Å². The maximum Gasteiger partial charge on any atom is 0.181 e. The van der Waals surface area contributed by atoms with Gasteiger partial charge in [-0.05, 0) is 31.2 Å². The van der Waals surface area contributed by atoms with E-state index in [4.69, 9.17) is 14.7 Å². The minimum atomic E-state index is -0.498. The van der Waals surface area contributed by atoms with Crippen LogP contribution in [0.1, 0.15) is 24.0 Å². The molecule has 0 aliphatic carbocycles. The lowest BCUT2D eigenvalue weighted by atomic mass is 10.0. The fourth-order valence-corrected chi connectivity index (χ4v) is 2.94. The highest BCUT2D eigenvalue weighted by Crippen LogP contribution is 2.31. The Morgan fingerprint density at radius 3 is 2.90 bits per heavy atom. The molecular weight excluding hydrogens is 259 g/mol. The standard InChI is InChI=1S/C15H17FN2O2/c16-14-3-2-12(9-17)8-13(14)10-18-5-1-4-15(11-18)19-6-7-20-15/h2-3,8H,1,4-7,10-11H2. The summed E-state index contributed by atoms with van der Waals surface area (Å²) in [5, 5.41) is 8.90. The molecule has 1 aromatic rings. The van der Waals surface area contributed by atoms with Crippen LogP contribution in [-0.2, 0) is 16.0 Å². The fraction of sp³-hybridized carbons (Fsp3) is 0.533. The van der Waals surface area contributed by atoms with Crippen LogP contribution in [0.3, 0.4) is 0 Å². The van der Waals surface area contributed by atoms with Crippen LogP contribution in [0.4, 0.5) is 4.39 Å². The number of nitriles is 1. The van der Waals surface area contributed by atoms with Gasteiger partial charge in [-0.3, -0.25) is 4.90 Å². The summed E-state index contributed by atoms with van der Waals surface area (Å²) in [6, 6.07) is 6.52. The van der Waals surface area contributed by atoms with Crippen LogP contribution in [-0.4, -0.2) is 37.0 Å². The van der Waals surface area contributed by atoms with E-state index in [0.29, 0.717) is 37.4 Å². The van der Waals surface area contributed by atoms with Crippen molar-refractivity contribution < 1.29 is 13.9 Å². The van der Waals surface area contributed by atoms with Crippen molar-refractivity contribution in [2.24, 2.45) is 0 Å². The molecule has 0 bridgehead atoms. The number of hydrogen-bond donors (Lipinski definition) is 0. The van der Waals surface area contributed by atoms with E-state index in [1.54, 1.807) is 6.07 Å². The second kappa shape index (κ2) is 5.49. The van der Waals surface area contributed by atoms with E-state index in [2.05, 4.69) is 4.90 Å². The van der Waals surface area contributed by atoms with Crippen molar-refractivity contribution in [1.82, 2.24) is 4.90 Å². The van der Waals surface area contributed by atoms with Crippen LogP contribution >= 0.6 is 0 Å². The average molecular weight is 276 g/mol. The second-order valence-electron chi connectivity index (χ2n) is 5.34. The molecule has 2 heterocycles. The lowest BCUT2D eigenvalue weighted by Gasteiger charge is -2.38. The van der Waals surface area contributed by atoms with E-state index in [9.17, 15) is 4.39 Å². The molecule has 1 aromatic carbocycles. The van der Waals surface area contributed by atoms with E-state index >= 15 is 0 Å². The molecule has 0 saturated carbocycles. The third-order valence-electron chi connectivity index (χ3n) is 3.88. The van der Waals surface area contributed by atoms with Crippen LogP contribution in [0.15, 0.2) is 18.2 Å². The number of rotatable bonds is 2. The molecule has 4 nitrogen and oxygen atoms in total. The summed E-state index contributed by atoms with van der Waals surface area (Å²) in [6.45, 7) is 3.29. The molecule has 2 saturated heterocycles. The van der Waals surface area contributed by atoms with Gasteiger partial charge in [-0.25, -0.2) is 4.39 Å². The van der Waals surface area contributed by atoms with E-state index in [-0.39, 0.29) is 5.82 Å². The Bertz CT molecular complexity index is 535. The average Bonchev–Trinajstić information content (AvgIpc) is 2.89. The molecule has 1 spiro atoms. The van der Waals surface area contributed by atoms with Gasteiger partial charge in [0, 0.05) is 18.5 Å². The molecule has 20 heavy (non-hydrogen) atoms. The van der Waals surface area contributed by atoms with Gasteiger partial charge in [0.2, 0.25) is 0 Å². The highest BCUT2D eigenvalue weighted by Gasteiger charge is 2.40. The van der Waals surface area contributed by atoms with Crippen LogP contribution in [0, 0.1) is 17.1 Å². The van der Waals surface area contributed by atoms with Crippen molar-refractivity contribution in [3.8, 4) is 6.07 Å². The van der Waals surface area contributed by atoms with E-state index in [0.717, 1.165) is 19.4 Å². The summed E-state index contributed by atoms with van der Waals surface area (Å²) in [4.78, 5) is 2.13.